The molecule has 1 fully saturated rings. The van der Waals surface area contributed by atoms with Gasteiger partial charge in [0.2, 0.25) is 11.8 Å². The molecule has 4 unspecified atom stereocenters. The molecule has 1 aliphatic heterocycles. The number of nitrogens with zero attached hydrogens (tertiary/aromatic N) is 1. The topological polar surface area (TPSA) is 154 Å². The third-order valence-electron chi connectivity index (χ3n) is 8.24. The molecule has 5 rings (SSSR count). The van der Waals surface area contributed by atoms with Crippen LogP contribution in [0.15, 0.2) is 97.1 Å². The maximum atomic E-state index is 13.7. The van der Waals surface area contributed by atoms with E-state index in [1.165, 1.54) is 72.8 Å². The van der Waals surface area contributed by atoms with E-state index in [2.05, 4.69) is 10.6 Å². The van der Waals surface area contributed by atoms with Crippen LogP contribution in [0.3, 0.4) is 0 Å². The number of carboxylic acids is 1. The zero-order valence-electron chi connectivity index (χ0n) is 26.9. The number of carbonyl (C=O) groups excluding carboxylic acids is 3. The fourth-order valence-corrected chi connectivity index (χ4v) is 5.61. The van der Waals surface area contributed by atoms with Gasteiger partial charge in [-0.05, 0) is 96.8 Å². The summed E-state index contributed by atoms with van der Waals surface area (Å²) in [6.07, 6.45) is 0.482. The van der Waals surface area contributed by atoms with Gasteiger partial charge in [0.05, 0.1) is 18.6 Å². The maximum Gasteiger partial charge on any atom is 0.326 e. The van der Waals surface area contributed by atoms with E-state index in [0.717, 1.165) is 5.56 Å². The zero-order valence-corrected chi connectivity index (χ0v) is 26.9. The summed E-state index contributed by atoms with van der Waals surface area (Å²) in [4.78, 5) is 52.3. The number of anilines is 1. The minimum atomic E-state index is -1.26. The number of ether oxygens (including phenoxy) is 2. The molecule has 0 bridgehead atoms. The van der Waals surface area contributed by atoms with Crippen molar-refractivity contribution in [3.05, 3.63) is 120 Å². The van der Waals surface area contributed by atoms with Gasteiger partial charge >= 0.3 is 5.97 Å². The van der Waals surface area contributed by atoms with E-state index in [1.54, 1.807) is 36.1 Å². The van der Waals surface area contributed by atoms with Gasteiger partial charge in [-0.2, -0.15) is 0 Å². The van der Waals surface area contributed by atoms with E-state index >= 15 is 0 Å². The fourth-order valence-electron chi connectivity index (χ4n) is 5.61. The smallest absolute Gasteiger partial charge is 0.326 e. The number of benzene rings is 4. The molecule has 4 aromatic rings. The lowest BCUT2D eigenvalue weighted by atomic mass is 9.80. The molecule has 0 spiro atoms. The molecule has 1 saturated heterocycles. The molecule has 1 aliphatic rings. The second kappa shape index (κ2) is 15.9. The predicted octanol–water partition coefficient (Wildman–Crippen LogP) is 5.06. The first-order valence-corrected chi connectivity index (χ1v) is 15.8. The number of phenolic OH excluding ortho intramolecular Hbond substituents is 1. The van der Waals surface area contributed by atoms with Crippen molar-refractivity contribution < 1.29 is 47.6 Å². The number of hydrogen-bond donors (Lipinski definition) is 4. The second-order valence-corrected chi connectivity index (χ2v) is 11.6. The molecule has 0 aliphatic carbocycles. The van der Waals surface area contributed by atoms with Crippen molar-refractivity contribution in [2.24, 2.45) is 5.92 Å². The summed E-state index contributed by atoms with van der Waals surface area (Å²) in [5, 5.41) is 24.0. The number of aliphatic carboxylic acids is 1. The molecule has 50 heavy (non-hydrogen) atoms. The van der Waals surface area contributed by atoms with Crippen molar-refractivity contribution in [1.29, 1.82) is 0 Å². The lowest BCUT2D eigenvalue weighted by Gasteiger charge is -2.47. The normalized spacial score (nSPS) is 16.5. The predicted molar refractivity (Wildman–Crippen MR) is 177 cm³/mol. The van der Waals surface area contributed by atoms with Crippen molar-refractivity contribution in [3.63, 3.8) is 0 Å². The Labute approximate surface area is 286 Å². The number of phenols is 1. The Hall–Kier alpha value is -5.98. The van der Waals surface area contributed by atoms with E-state index in [-0.39, 0.29) is 24.7 Å². The third kappa shape index (κ3) is 8.53. The van der Waals surface area contributed by atoms with Crippen LogP contribution in [0, 0.1) is 17.6 Å². The zero-order chi connectivity index (χ0) is 35.8. The van der Waals surface area contributed by atoms with E-state index in [9.17, 15) is 38.2 Å². The second-order valence-electron chi connectivity index (χ2n) is 11.6. The lowest BCUT2D eigenvalue weighted by Crippen LogP contribution is -2.55. The minimum absolute atomic E-state index is 0.0558. The fraction of sp³-hybridized carbons (Fsp3) is 0.243. The molecule has 4 aromatic carbocycles. The van der Waals surface area contributed by atoms with E-state index in [1.807, 2.05) is 0 Å². The standard InChI is InChI=1S/C37H35F2N3O8/c1-2-31(37(47)48)40-35(45)33(22-3-13-27(43)14-4-22)41-32(44)21-50-29-15-5-23(6-16-29)34-30(19-20-49-28-17-9-25(39)10-18-28)36(46)42(34)26-11-7-24(38)8-12-26/h3-18,30-31,33-34,43H,2,19-21H2,1H3,(H,40,45)(H,41,44)(H,47,48). The highest BCUT2D eigenvalue weighted by molar-refractivity contribution is 6.03. The van der Waals surface area contributed by atoms with Gasteiger partial charge in [-0.25, -0.2) is 13.6 Å². The Morgan fingerprint density at radius 2 is 1.40 bits per heavy atom. The Morgan fingerprint density at radius 1 is 0.820 bits per heavy atom. The van der Waals surface area contributed by atoms with Crippen LogP contribution in [-0.2, 0) is 19.2 Å². The summed E-state index contributed by atoms with van der Waals surface area (Å²) in [6, 6.07) is 20.6. The molecule has 13 heteroatoms. The van der Waals surface area contributed by atoms with Crippen LogP contribution in [0.5, 0.6) is 17.2 Å². The van der Waals surface area contributed by atoms with Crippen LogP contribution < -0.4 is 25.0 Å². The third-order valence-corrected chi connectivity index (χ3v) is 8.24. The van der Waals surface area contributed by atoms with E-state index in [4.69, 9.17) is 9.47 Å². The van der Waals surface area contributed by atoms with Gasteiger partial charge in [-0.15, -0.1) is 0 Å². The van der Waals surface area contributed by atoms with Crippen molar-refractivity contribution in [1.82, 2.24) is 10.6 Å². The Balaban J connectivity index is 1.25. The molecule has 11 nitrogen and oxygen atoms in total. The molecule has 4 atom stereocenters. The van der Waals surface area contributed by atoms with Gasteiger partial charge in [-0.3, -0.25) is 14.4 Å². The highest BCUT2D eigenvalue weighted by Crippen LogP contribution is 2.45. The first-order chi connectivity index (χ1) is 24.0. The number of halogens is 2. The first kappa shape index (κ1) is 35.3. The summed E-state index contributed by atoms with van der Waals surface area (Å²) in [6.45, 7) is 1.31. The molecular formula is C37H35F2N3O8. The molecule has 3 amide bonds. The van der Waals surface area contributed by atoms with Crippen LogP contribution in [0.1, 0.15) is 43.0 Å². The Kier molecular flexibility index (Phi) is 11.3. The molecule has 1 heterocycles. The number of nitrogens with one attached hydrogen (secondary N) is 2. The monoisotopic (exact) mass is 687 g/mol. The highest BCUT2D eigenvalue weighted by Gasteiger charge is 2.48. The largest absolute Gasteiger partial charge is 0.508 e. The minimum Gasteiger partial charge on any atom is -0.508 e. The number of aromatic hydroxyl groups is 1. The summed E-state index contributed by atoms with van der Waals surface area (Å²) >= 11 is 0. The van der Waals surface area contributed by atoms with Gasteiger partial charge in [0, 0.05) is 5.69 Å². The Bertz CT molecular complexity index is 1800. The van der Waals surface area contributed by atoms with Crippen LogP contribution >= 0.6 is 0 Å². The summed E-state index contributed by atoms with van der Waals surface area (Å²) in [7, 11) is 0. The molecule has 4 N–H and O–H groups in total. The summed E-state index contributed by atoms with van der Waals surface area (Å²) < 4.78 is 38.3. The van der Waals surface area contributed by atoms with Gasteiger partial charge < -0.3 is 35.2 Å². The highest BCUT2D eigenvalue weighted by atomic mass is 19.1. The summed E-state index contributed by atoms with van der Waals surface area (Å²) in [5.41, 5.74) is 1.59. The van der Waals surface area contributed by atoms with Gasteiger partial charge in [-0.1, -0.05) is 31.2 Å². The van der Waals surface area contributed by atoms with E-state index < -0.39 is 60.1 Å². The summed E-state index contributed by atoms with van der Waals surface area (Å²) in [5.74, 6) is -3.36. The SMILES string of the molecule is CCC(NC(=O)C(NC(=O)COc1ccc(C2C(CCOc3ccc(F)cc3)C(=O)N2c2ccc(F)cc2)cc1)c1ccc(O)cc1)C(=O)O. The van der Waals surface area contributed by atoms with Crippen molar-refractivity contribution in [3.8, 4) is 17.2 Å². The van der Waals surface area contributed by atoms with Crippen LogP contribution in [0.2, 0.25) is 0 Å². The number of rotatable bonds is 15. The Morgan fingerprint density at radius 3 is 2.00 bits per heavy atom. The average molecular weight is 688 g/mol. The molecule has 0 saturated carbocycles. The van der Waals surface area contributed by atoms with Crippen molar-refractivity contribution in [2.45, 2.75) is 37.9 Å². The molecule has 260 valence electrons. The molecular weight excluding hydrogens is 652 g/mol. The number of carboxylic acid groups (broad SMARTS) is 1. The molecule has 0 radical (unpaired) electrons. The number of hydrogen-bond acceptors (Lipinski definition) is 7. The quantitative estimate of drug-likeness (QED) is 0.127. The van der Waals surface area contributed by atoms with Gasteiger partial charge in [0.1, 0.15) is 41.0 Å². The van der Waals surface area contributed by atoms with E-state index in [0.29, 0.717) is 29.2 Å². The van der Waals surface area contributed by atoms with Crippen LogP contribution in [0.4, 0.5) is 14.5 Å². The van der Waals surface area contributed by atoms with Gasteiger partial charge in [0.15, 0.2) is 6.61 Å². The number of β-lactam (4-membered cyclic amide) rings is 1. The average Bonchev–Trinajstić information content (AvgIpc) is 3.11. The van der Waals surface area contributed by atoms with Crippen LogP contribution in [-0.4, -0.2) is 53.2 Å². The maximum absolute atomic E-state index is 13.7. The van der Waals surface area contributed by atoms with Crippen molar-refractivity contribution >= 4 is 29.4 Å². The van der Waals surface area contributed by atoms with Gasteiger partial charge in [0.25, 0.3) is 5.91 Å². The lowest BCUT2D eigenvalue weighted by molar-refractivity contribution is -0.142. The number of carbonyl (C=O) groups is 4. The van der Waals surface area contributed by atoms with Crippen LogP contribution in [0.25, 0.3) is 0 Å². The molecule has 0 aromatic heterocycles. The number of amides is 3. The van der Waals surface area contributed by atoms with Crippen molar-refractivity contribution in [2.75, 3.05) is 18.1 Å². The first-order valence-electron chi connectivity index (χ1n) is 15.8.